The van der Waals surface area contributed by atoms with Crippen molar-refractivity contribution in [1.29, 1.82) is 5.26 Å². The molecule has 1 heterocycles. The number of rotatable bonds is 5. The molecule has 2 rings (SSSR count). The Morgan fingerprint density at radius 1 is 1.25 bits per heavy atom. The highest BCUT2D eigenvalue weighted by molar-refractivity contribution is 5.49. The molecule has 2 aromatic rings. The summed E-state index contributed by atoms with van der Waals surface area (Å²) in [6, 6.07) is 11.2. The average Bonchev–Trinajstić information content (AvgIpc) is 2.75. The molecular formula is C15H17N3O2. The number of hydrogen-bond donors (Lipinski definition) is 1. The summed E-state index contributed by atoms with van der Waals surface area (Å²) in [6.45, 7) is 2.94. The molecule has 0 aliphatic carbocycles. The Morgan fingerprint density at radius 2 is 1.90 bits per heavy atom. The summed E-state index contributed by atoms with van der Waals surface area (Å²) in [7, 11) is 1.62. The van der Waals surface area contributed by atoms with Crippen molar-refractivity contribution >= 4 is 5.69 Å². The zero-order valence-corrected chi connectivity index (χ0v) is 11.6. The van der Waals surface area contributed by atoms with E-state index < -0.39 is 0 Å². The number of ether oxygens (including phenoxy) is 2. The van der Waals surface area contributed by atoms with Gasteiger partial charge in [-0.25, -0.2) is 0 Å². The van der Waals surface area contributed by atoms with Gasteiger partial charge in [0.1, 0.15) is 29.9 Å². The average molecular weight is 271 g/mol. The predicted molar refractivity (Wildman–Crippen MR) is 76.8 cm³/mol. The molecule has 1 aromatic carbocycles. The highest BCUT2D eigenvalue weighted by Gasteiger charge is 2.08. The van der Waals surface area contributed by atoms with Crippen LogP contribution in [0, 0.1) is 18.3 Å². The smallest absolute Gasteiger partial charge is 0.122 e. The zero-order chi connectivity index (χ0) is 14.5. The molecule has 0 aliphatic heterocycles. The van der Waals surface area contributed by atoms with E-state index in [0.29, 0.717) is 24.5 Å². The molecule has 5 nitrogen and oxygen atoms in total. The van der Waals surface area contributed by atoms with Gasteiger partial charge in [0.25, 0.3) is 0 Å². The van der Waals surface area contributed by atoms with Crippen LogP contribution in [0.1, 0.15) is 11.4 Å². The number of anilines is 1. The topological polar surface area (TPSA) is 73.2 Å². The van der Waals surface area contributed by atoms with Gasteiger partial charge >= 0.3 is 0 Å². The van der Waals surface area contributed by atoms with Crippen LogP contribution in [-0.2, 0) is 6.54 Å². The monoisotopic (exact) mass is 271 g/mol. The molecule has 0 unspecified atom stereocenters. The van der Waals surface area contributed by atoms with E-state index >= 15 is 0 Å². The lowest BCUT2D eigenvalue weighted by Gasteiger charge is -2.10. The number of aromatic nitrogens is 1. The minimum absolute atomic E-state index is 0.468. The van der Waals surface area contributed by atoms with Crippen LogP contribution in [0.3, 0.4) is 0 Å². The van der Waals surface area contributed by atoms with Crippen molar-refractivity contribution in [2.75, 3.05) is 19.5 Å². The Hall–Kier alpha value is -2.61. The van der Waals surface area contributed by atoms with E-state index in [2.05, 4.69) is 6.07 Å². The number of benzene rings is 1. The normalized spacial score (nSPS) is 10.1. The molecule has 0 spiro atoms. The highest BCUT2D eigenvalue weighted by atomic mass is 16.5. The van der Waals surface area contributed by atoms with Crippen molar-refractivity contribution < 1.29 is 9.47 Å². The van der Waals surface area contributed by atoms with Crippen molar-refractivity contribution in [3.05, 3.63) is 41.7 Å². The summed E-state index contributed by atoms with van der Waals surface area (Å²) in [5, 5.41) is 9.05. The first-order valence-electron chi connectivity index (χ1n) is 6.28. The Morgan fingerprint density at radius 3 is 2.50 bits per heavy atom. The molecule has 1 aromatic heterocycles. The summed E-state index contributed by atoms with van der Waals surface area (Å²) in [4.78, 5) is 0. The minimum Gasteiger partial charge on any atom is -0.497 e. The van der Waals surface area contributed by atoms with Gasteiger partial charge in [-0.05, 0) is 37.3 Å². The Balaban J connectivity index is 1.97. The first-order chi connectivity index (χ1) is 9.65. The Kier molecular flexibility index (Phi) is 4.16. The van der Waals surface area contributed by atoms with Crippen molar-refractivity contribution in [3.8, 4) is 17.6 Å². The van der Waals surface area contributed by atoms with Gasteiger partial charge in [0.05, 0.1) is 19.3 Å². The first-order valence-corrected chi connectivity index (χ1v) is 6.28. The molecule has 0 radical (unpaired) electrons. The quantitative estimate of drug-likeness (QED) is 0.905. The summed E-state index contributed by atoms with van der Waals surface area (Å²) >= 11 is 0. The van der Waals surface area contributed by atoms with Gasteiger partial charge in [0, 0.05) is 5.69 Å². The van der Waals surface area contributed by atoms with Crippen molar-refractivity contribution in [2.24, 2.45) is 0 Å². The SMILES string of the molecule is COc1ccc(OCCn2c(C#N)cc(N)c2C)cc1. The van der Waals surface area contributed by atoms with Gasteiger partial charge < -0.3 is 19.8 Å². The molecule has 0 saturated carbocycles. The van der Waals surface area contributed by atoms with Gasteiger partial charge in [-0.2, -0.15) is 5.26 Å². The van der Waals surface area contributed by atoms with Crippen LogP contribution in [0.15, 0.2) is 30.3 Å². The second-order valence-electron chi connectivity index (χ2n) is 4.36. The molecule has 0 fully saturated rings. The molecule has 0 bridgehead atoms. The van der Waals surface area contributed by atoms with Crippen molar-refractivity contribution in [3.63, 3.8) is 0 Å². The number of methoxy groups -OCH3 is 1. The molecular weight excluding hydrogens is 254 g/mol. The maximum absolute atomic E-state index is 9.05. The van der Waals surface area contributed by atoms with E-state index in [-0.39, 0.29) is 0 Å². The van der Waals surface area contributed by atoms with Gasteiger partial charge in [-0.1, -0.05) is 0 Å². The highest BCUT2D eigenvalue weighted by Crippen LogP contribution is 2.19. The summed E-state index contributed by atoms with van der Waals surface area (Å²) in [5.74, 6) is 1.56. The van der Waals surface area contributed by atoms with Crippen LogP contribution in [-0.4, -0.2) is 18.3 Å². The maximum atomic E-state index is 9.05. The molecule has 5 heteroatoms. The van der Waals surface area contributed by atoms with E-state index in [0.717, 1.165) is 17.2 Å². The first kappa shape index (κ1) is 13.8. The van der Waals surface area contributed by atoms with Gasteiger partial charge in [-0.15, -0.1) is 0 Å². The van der Waals surface area contributed by atoms with Crippen LogP contribution in [0.2, 0.25) is 0 Å². The van der Waals surface area contributed by atoms with Crippen LogP contribution in [0.25, 0.3) is 0 Å². The second kappa shape index (κ2) is 6.02. The molecule has 0 aliphatic rings. The molecule has 0 amide bonds. The van der Waals surface area contributed by atoms with E-state index in [4.69, 9.17) is 20.5 Å². The zero-order valence-electron chi connectivity index (χ0n) is 11.6. The van der Waals surface area contributed by atoms with Gasteiger partial charge in [-0.3, -0.25) is 0 Å². The fourth-order valence-corrected chi connectivity index (χ4v) is 1.97. The van der Waals surface area contributed by atoms with E-state index in [1.165, 1.54) is 0 Å². The summed E-state index contributed by atoms with van der Waals surface area (Å²) < 4.78 is 12.6. The third-order valence-corrected chi connectivity index (χ3v) is 3.16. The third-order valence-electron chi connectivity index (χ3n) is 3.16. The number of nitrogens with two attached hydrogens (primary N) is 1. The number of nitrogens with zero attached hydrogens (tertiary/aromatic N) is 2. The molecule has 104 valence electrons. The molecule has 0 atom stereocenters. The Bertz CT molecular complexity index is 624. The fourth-order valence-electron chi connectivity index (χ4n) is 1.97. The fraction of sp³-hybridized carbons (Fsp3) is 0.267. The van der Waals surface area contributed by atoms with Crippen LogP contribution >= 0.6 is 0 Å². The molecule has 0 saturated heterocycles. The Labute approximate surface area is 118 Å². The van der Waals surface area contributed by atoms with Gasteiger partial charge in [0.2, 0.25) is 0 Å². The molecule has 20 heavy (non-hydrogen) atoms. The maximum Gasteiger partial charge on any atom is 0.122 e. The number of nitriles is 1. The van der Waals surface area contributed by atoms with Crippen LogP contribution in [0.5, 0.6) is 11.5 Å². The number of nitrogen functional groups attached to an aromatic ring is 1. The standard InChI is InChI=1S/C15H17N3O2/c1-11-15(17)9-12(10-16)18(11)7-8-20-14-5-3-13(19-2)4-6-14/h3-6,9H,7-8,17H2,1-2H3. The largest absolute Gasteiger partial charge is 0.497 e. The van der Waals surface area contributed by atoms with Crippen molar-refractivity contribution in [2.45, 2.75) is 13.5 Å². The van der Waals surface area contributed by atoms with Gasteiger partial charge in [0.15, 0.2) is 0 Å². The predicted octanol–water partition coefficient (Wildman–Crippen LogP) is 2.34. The summed E-state index contributed by atoms with van der Waals surface area (Å²) in [5.41, 5.74) is 7.88. The third kappa shape index (κ3) is 2.86. The second-order valence-corrected chi connectivity index (χ2v) is 4.36. The summed E-state index contributed by atoms with van der Waals surface area (Å²) in [6.07, 6.45) is 0. The van der Waals surface area contributed by atoms with E-state index in [1.807, 2.05) is 35.8 Å². The van der Waals surface area contributed by atoms with E-state index in [9.17, 15) is 0 Å². The van der Waals surface area contributed by atoms with Crippen molar-refractivity contribution in [1.82, 2.24) is 4.57 Å². The van der Waals surface area contributed by atoms with Crippen LogP contribution < -0.4 is 15.2 Å². The van der Waals surface area contributed by atoms with Crippen LogP contribution in [0.4, 0.5) is 5.69 Å². The van der Waals surface area contributed by atoms with E-state index in [1.54, 1.807) is 13.2 Å². The lowest BCUT2D eigenvalue weighted by molar-refractivity contribution is 0.296. The lowest BCUT2D eigenvalue weighted by atomic mass is 10.3. The molecule has 2 N–H and O–H groups in total. The lowest BCUT2D eigenvalue weighted by Crippen LogP contribution is -2.11. The minimum atomic E-state index is 0.468. The number of hydrogen-bond acceptors (Lipinski definition) is 4.